The molecule has 1 atom stereocenters. The maximum Gasteiger partial charge on any atom is 0.243 e. The highest BCUT2D eigenvalue weighted by Crippen LogP contribution is 2.28. The minimum atomic E-state index is -3.69. The van der Waals surface area contributed by atoms with E-state index in [0.717, 1.165) is 11.1 Å². The number of rotatable bonds is 5. The van der Waals surface area contributed by atoms with E-state index < -0.39 is 25.9 Å². The molecular formula is C15H23NO4S2. The predicted octanol–water partition coefficient (Wildman–Crippen LogP) is 1.62. The standard InChI is InChI=1S/C15H23NO4S2/c1-4-12-7-6-8-13(5-2)15(12)22(19,20)16(3)14-9-10-21(17,18)11-14/h6-8,14H,4-5,9-11H2,1-3H3. The molecule has 1 saturated heterocycles. The van der Waals surface area contributed by atoms with Crippen molar-refractivity contribution in [2.75, 3.05) is 18.6 Å². The molecule has 0 bridgehead atoms. The van der Waals surface area contributed by atoms with Gasteiger partial charge in [-0.2, -0.15) is 4.31 Å². The molecule has 1 fully saturated rings. The second-order valence-corrected chi connectivity index (χ2v) is 9.85. The van der Waals surface area contributed by atoms with Gasteiger partial charge in [0.1, 0.15) is 0 Å². The monoisotopic (exact) mass is 345 g/mol. The van der Waals surface area contributed by atoms with E-state index in [2.05, 4.69) is 0 Å². The first-order chi connectivity index (χ1) is 10.2. The third-order valence-corrected chi connectivity index (χ3v) is 8.15. The van der Waals surface area contributed by atoms with Gasteiger partial charge in [-0.05, 0) is 30.4 Å². The van der Waals surface area contributed by atoms with Crippen LogP contribution in [-0.2, 0) is 32.7 Å². The zero-order chi connectivity index (χ0) is 16.5. The fraction of sp³-hybridized carbons (Fsp3) is 0.600. The van der Waals surface area contributed by atoms with Gasteiger partial charge in [0.15, 0.2) is 9.84 Å². The second kappa shape index (κ2) is 6.29. The Morgan fingerprint density at radius 3 is 2.14 bits per heavy atom. The molecule has 1 unspecified atom stereocenters. The van der Waals surface area contributed by atoms with Gasteiger partial charge in [0, 0.05) is 13.1 Å². The molecule has 0 radical (unpaired) electrons. The van der Waals surface area contributed by atoms with Gasteiger partial charge >= 0.3 is 0 Å². The molecule has 1 aliphatic rings. The highest BCUT2D eigenvalue weighted by molar-refractivity contribution is 7.92. The van der Waals surface area contributed by atoms with Crippen molar-refractivity contribution >= 4 is 19.9 Å². The summed E-state index contributed by atoms with van der Waals surface area (Å²) in [5, 5.41) is 0. The molecule has 7 heteroatoms. The van der Waals surface area contributed by atoms with E-state index in [1.54, 1.807) is 0 Å². The number of sulfonamides is 1. The van der Waals surface area contributed by atoms with Crippen LogP contribution in [0.5, 0.6) is 0 Å². The van der Waals surface area contributed by atoms with E-state index in [4.69, 9.17) is 0 Å². The summed E-state index contributed by atoms with van der Waals surface area (Å²) in [6.45, 7) is 3.85. The average molecular weight is 345 g/mol. The van der Waals surface area contributed by atoms with E-state index in [1.165, 1.54) is 11.4 Å². The van der Waals surface area contributed by atoms with Crippen LogP contribution < -0.4 is 0 Å². The second-order valence-electron chi connectivity index (χ2n) is 5.69. The molecule has 0 aliphatic carbocycles. The van der Waals surface area contributed by atoms with Crippen molar-refractivity contribution in [2.45, 2.75) is 44.0 Å². The lowest BCUT2D eigenvalue weighted by atomic mass is 10.1. The highest BCUT2D eigenvalue weighted by Gasteiger charge is 2.37. The van der Waals surface area contributed by atoms with Crippen LogP contribution in [0.4, 0.5) is 0 Å². The predicted molar refractivity (Wildman–Crippen MR) is 87.2 cm³/mol. The Morgan fingerprint density at radius 1 is 1.18 bits per heavy atom. The summed E-state index contributed by atoms with van der Waals surface area (Å²) >= 11 is 0. The molecule has 1 aromatic carbocycles. The topological polar surface area (TPSA) is 71.5 Å². The third kappa shape index (κ3) is 3.21. The SMILES string of the molecule is CCc1cccc(CC)c1S(=O)(=O)N(C)C1CCS(=O)(=O)C1. The molecule has 0 aromatic heterocycles. The summed E-state index contributed by atoms with van der Waals surface area (Å²) in [5.41, 5.74) is 1.57. The van der Waals surface area contributed by atoms with Crippen molar-refractivity contribution < 1.29 is 16.8 Å². The summed E-state index contributed by atoms with van der Waals surface area (Å²) in [7, 11) is -5.32. The van der Waals surface area contributed by atoms with Gasteiger partial charge in [0.2, 0.25) is 10.0 Å². The quantitative estimate of drug-likeness (QED) is 0.813. The lowest BCUT2D eigenvalue weighted by Crippen LogP contribution is -2.38. The van der Waals surface area contributed by atoms with Gasteiger partial charge in [-0.15, -0.1) is 0 Å². The Morgan fingerprint density at radius 2 is 1.73 bits per heavy atom. The zero-order valence-electron chi connectivity index (χ0n) is 13.2. The smallest absolute Gasteiger partial charge is 0.229 e. The summed E-state index contributed by atoms with van der Waals surface area (Å²) in [6.07, 6.45) is 1.62. The Hall–Kier alpha value is -0.920. The van der Waals surface area contributed by atoms with E-state index in [-0.39, 0.29) is 11.5 Å². The fourth-order valence-corrected chi connectivity index (χ4v) is 6.75. The lowest BCUT2D eigenvalue weighted by Gasteiger charge is -2.25. The zero-order valence-corrected chi connectivity index (χ0v) is 14.9. The number of hydrogen-bond acceptors (Lipinski definition) is 4. The van der Waals surface area contributed by atoms with Crippen molar-refractivity contribution in [3.63, 3.8) is 0 Å². The Kier molecular flexibility index (Phi) is 4.99. The van der Waals surface area contributed by atoms with Gasteiger partial charge in [-0.1, -0.05) is 32.0 Å². The van der Waals surface area contributed by atoms with Gasteiger partial charge in [0.25, 0.3) is 0 Å². The van der Waals surface area contributed by atoms with E-state index in [0.29, 0.717) is 24.2 Å². The molecule has 5 nitrogen and oxygen atoms in total. The van der Waals surface area contributed by atoms with Crippen molar-refractivity contribution in [1.82, 2.24) is 4.31 Å². The molecule has 0 N–H and O–H groups in total. The molecule has 0 amide bonds. The first kappa shape index (κ1) is 17.4. The van der Waals surface area contributed by atoms with E-state index >= 15 is 0 Å². The van der Waals surface area contributed by atoms with Gasteiger partial charge in [-0.25, -0.2) is 16.8 Å². The number of benzene rings is 1. The molecule has 1 heterocycles. The number of hydrogen-bond donors (Lipinski definition) is 0. The summed E-state index contributed by atoms with van der Waals surface area (Å²) in [6, 6.07) is 5.05. The van der Waals surface area contributed by atoms with Crippen molar-refractivity contribution in [3.8, 4) is 0 Å². The molecule has 0 saturated carbocycles. The van der Waals surface area contributed by atoms with Crippen LogP contribution in [0, 0.1) is 0 Å². The van der Waals surface area contributed by atoms with E-state index in [1.807, 2.05) is 32.0 Å². The highest BCUT2D eigenvalue weighted by atomic mass is 32.2. The fourth-order valence-electron chi connectivity index (χ4n) is 2.93. The van der Waals surface area contributed by atoms with Crippen LogP contribution >= 0.6 is 0 Å². The first-order valence-electron chi connectivity index (χ1n) is 7.52. The molecule has 1 aromatic rings. The van der Waals surface area contributed by atoms with Crippen molar-refractivity contribution in [1.29, 1.82) is 0 Å². The van der Waals surface area contributed by atoms with E-state index in [9.17, 15) is 16.8 Å². The van der Waals surface area contributed by atoms with Crippen LogP contribution in [0.25, 0.3) is 0 Å². The van der Waals surface area contributed by atoms with Crippen molar-refractivity contribution in [3.05, 3.63) is 29.3 Å². The summed E-state index contributed by atoms with van der Waals surface area (Å²) in [5.74, 6) is -0.0218. The minimum Gasteiger partial charge on any atom is -0.229 e. The summed E-state index contributed by atoms with van der Waals surface area (Å²) in [4.78, 5) is 0.354. The lowest BCUT2D eigenvalue weighted by molar-refractivity contribution is 0.393. The summed E-state index contributed by atoms with van der Waals surface area (Å²) < 4.78 is 50.6. The Labute approximate surface area is 133 Å². The average Bonchev–Trinajstić information content (AvgIpc) is 2.85. The number of sulfone groups is 1. The Balaban J connectivity index is 2.47. The van der Waals surface area contributed by atoms with Crippen LogP contribution in [0.3, 0.4) is 0 Å². The molecule has 0 spiro atoms. The Bertz CT molecular complexity index is 731. The number of nitrogens with zero attached hydrogens (tertiary/aromatic N) is 1. The maximum absolute atomic E-state index is 13.0. The third-order valence-electron chi connectivity index (χ3n) is 4.30. The van der Waals surface area contributed by atoms with Crippen LogP contribution in [0.2, 0.25) is 0 Å². The molecule has 1 aliphatic heterocycles. The molecule has 22 heavy (non-hydrogen) atoms. The minimum absolute atomic E-state index is 0.0631. The van der Waals surface area contributed by atoms with Crippen LogP contribution in [-0.4, -0.2) is 45.7 Å². The molecule has 2 rings (SSSR count). The maximum atomic E-state index is 13.0. The largest absolute Gasteiger partial charge is 0.243 e. The molecule has 124 valence electrons. The van der Waals surface area contributed by atoms with Crippen LogP contribution in [0.1, 0.15) is 31.4 Å². The van der Waals surface area contributed by atoms with Crippen LogP contribution in [0.15, 0.2) is 23.1 Å². The first-order valence-corrected chi connectivity index (χ1v) is 10.8. The van der Waals surface area contributed by atoms with Crippen molar-refractivity contribution in [2.24, 2.45) is 0 Å². The normalized spacial score (nSPS) is 21.4. The van der Waals surface area contributed by atoms with Gasteiger partial charge < -0.3 is 0 Å². The molecular weight excluding hydrogens is 322 g/mol. The number of aryl methyl sites for hydroxylation is 2. The van der Waals surface area contributed by atoms with Gasteiger partial charge in [0.05, 0.1) is 16.4 Å². The van der Waals surface area contributed by atoms with Gasteiger partial charge in [-0.3, -0.25) is 0 Å².